The summed E-state index contributed by atoms with van der Waals surface area (Å²) in [6.07, 6.45) is 0. The Labute approximate surface area is 123 Å². The standard InChI is InChI=1S/C15H15ClN2S/c16-14-8-6-13(7-9-14)11-18-15(19)17-10-12-4-2-1-3-5-12/h1-9H,10-11H2,(H2,17,18,19). The molecule has 0 aliphatic carbocycles. The zero-order valence-electron chi connectivity index (χ0n) is 10.4. The number of benzene rings is 2. The van der Waals surface area contributed by atoms with E-state index in [1.54, 1.807) is 0 Å². The van der Waals surface area contributed by atoms with Crippen molar-refractivity contribution in [2.45, 2.75) is 13.1 Å². The first-order valence-electron chi connectivity index (χ1n) is 6.04. The SMILES string of the molecule is S=C(NCc1ccccc1)NCc1ccc(Cl)cc1. The van der Waals surface area contributed by atoms with Crippen LogP contribution in [0.3, 0.4) is 0 Å². The molecule has 0 unspecified atom stereocenters. The summed E-state index contributed by atoms with van der Waals surface area (Å²) in [6.45, 7) is 1.42. The molecule has 2 N–H and O–H groups in total. The molecule has 0 heterocycles. The fourth-order valence-corrected chi connectivity index (χ4v) is 1.90. The average Bonchev–Trinajstić information content (AvgIpc) is 2.45. The fourth-order valence-electron chi connectivity index (χ4n) is 1.63. The molecule has 0 aromatic heterocycles. The van der Waals surface area contributed by atoms with E-state index in [9.17, 15) is 0 Å². The van der Waals surface area contributed by atoms with E-state index in [1.807, 2.05) is 42.5 Å². The van der Waals surface area contributed by atoms with Crippen molar-refractivity contribution in [3.05, 3.63) is 70.7 Å². The Hall–Kier alpha value is -1.58. The molecule has 4 heteroatoms. The third-order valence-corrected chi connectivity index (χ3v) is 3.20. The van der Waals surface area contributed by atoms with Gasteiger partial charge in [-0.3, -0.25) is 0 Å². The molecule has 0 spiro atoms. The van der Waals surface area contributed by atoms with Crippen LogP contribution in [0, 0.1) is 0 Å². The number of hydrogen-bond acceptors (Lipinski definition) is 1. The summed E-state index contributed by atoms with van der Waals surface area (Å²) in [5.41, 5.74) is 2.35. The van der Waals surface area contributed by atoms with Crippen molar-refractivity contribution < 1.29 is 0 Å². The third-order valence-electron chi connectivity index (χ3n) is 2.66. The van der Waals surface area contributed by atoms with Gasteiger partial charge in [0.1, 0.15) is 0 Å². The number of thiocarbonyl (C=S) groups is 1. The molecule has 2 aromatic carbocycles. The lowest BCUT2D eigenvalue weighted by molar-refractivity contribution is 0.833. The Bertz CT molecular complexity index is 526. The summed E-state index contributed by atoms with van der Waals surface area (Å²) in [5, 5.41) is 7.74. The van der Waals surface area contributed by atoms with Gasteiger partial charge in [-0.25, -0.2) is 0 Å². The smallest absolute Gasteiger partial charge is 0.166 e. The summed E-state index contributed by atoms with van der Waals surface area (Å²) in [5.74, 6) is 0. The zero-order valence-corrected chi connectivity index (χ0v) is 12.0. The van der Waals surface area contributed by atoms with Gasteiger partial charge in [0.15, 0.2) is 5.11 Å². The van der Waals surface area contributed by atoms with Gasteiger partial charge in [0.25, 0.3) is 0 Å². The van der Waals surface area contributed by atoms with E-state index in [0.29, 0.717) is 11.7 Å². The van der Waals surface area contributed by atoms with Crippen LogP contribution < -0.4 is 10.6 Å². The summed E-state index contributed by atoms with van der Waals surface area (Å²) >= 11 is 11.1. The predicted molar refractivity (Wildman–Crippen MR) is 84.2 cm³/mol. The second kappa shape index (κ2) is 7.12. The summed E-state index contributed by atoms with van der Waals surface area (Å²) in [4.78, 5) is 0. The number of hydrogen-bond donors (Lipinski definition) is 2. The maximum absolute atomic E-state index is 5.83. The molecule has 0 saturated carbocycles. The van der Waals surface area contributed by atoms with E-state index in [0.717, 1.165) is 17.1 Å². The Morgan fingerprint density at radius 2 is 1.37 bits per heavy atom. The first-order valence-corrected chi connectivity index (χ1v) is 6.83. The van der Waals surface area contributed by atoms with Crippen LogP contribution in [0.4, 0.5) is 0 Å². The molecule has 0 atom stereocenters. The van der Waals surface area contributed by atoms with Crippen LogP contribution in [0.2, 0.25) is 5.02 Å². The van der Waals surface area contributed by atoms with Crippen molar-refractivity contribution >= 4 is 28.9 Å². The minimum Gasteiger partial charge on any atom is -0.359 e. The average molecular weight is 291 g/mol. The molecule has 0 aliphatic rings. The number of halogens is 1. The highest BCUT2D eigenvalue weighted by atomic mass is 35.5. The second-order valence-corrected chi connectivity index (χ2v) is 4.99. The van der Waals surface area contributed by atoms with Gasteiger partial charge >= 0.3 is 0 Å². The van der Waals surface area contributed by atoms with Crippen molar-refractivity contribution in [2.24, 2.45) is 0 Å². The molecule has 2 aromatic rings. The highest BCUT2D eigenvalue weighted by Crippen LogP contribution is 2.09. The van der Waals surface area contributed by atoms with Crippen molar-refractivity contribution in [3.8, 4) is 0 Å². The van der Waals surface area contributed by atoms with Crippen LogP contribution in [0.5, 0.6) is 0 Å². The summed E-state index contributed by atoms with van der Waals surface area (Å²) in [7, 11) is 0. The molecular weight excluding hydrogens is 276 g/mol. The van der Waals surface area contributed by atoms with Gasteiger partial charge < -0.3 is 10.6 Å². The van der Waals surface area contributed by atoms with Gasteiger partial charge in [-0.2, -0.15) is 0 Å². The fraction of sp³-hybridized carbons (Fsp3) is 0.133. The zero-order chi connectivity index (χ0) is 13.5. The molecule has 0 saturated heterocycles. The minimum absolute atomic E-state index is 0.652. The molecule has 0 radical (unpaired) electrons. The second-order valence-electron chi connectivity index (χ2n) is 4.15. The first kappa shape index (κ1) is 13.8. The van der Waals surface area contributed by atoms with Crippen LogP contribution in [0.15, 0.2) is 54.6 Å². The Morgan fingerprint density at radius 1 is 0.842 bits per heavy atom. The third kappa shape index (κ3) is 4.89. The maximum Gasteiger partial charge on any atom is 0.166 e. The Morgan fingerprint density at radius 3 is 1.95 bits per heavy atom. The lowest BCUT2D eigenvalue weighted by atomic mass is 10.2. The normalized spacial score (nSPS) is 9.95. The van der Waals surface area contributed by atoms with Crippen molar-refractivity contribution in [2.75, 3.05) is 0 Å². The van der Waals surface area contributed by atoms with Crippen molar-refractivity contribution in [1.29, 1.82) is 0 Å². The summed E-state index contributed by atoms with van der Waals surface area (Å²) in [6, 6.07) is 17.9. The quantitative estimate of drug-likeness (QED) is 0.843. The lowest BCUT2D eigenvalue weighted by Crippen LogP contribution is -2.34. The molecule has 0 fully saturated rings. The molecule has 2 rings (SSSR count). The monoisotopic (exact) mass is 290 g/mol. The highest BCUT2D eigenvalue weighted by molar-refractivity contribution is 7.80. The van der Waals surface area contributed by atoms with Gasteiger partial charge in [-0.05, 0) is 35.5 Å². The predicted octanol–water partition coefficient (Wildman–Crippen LogP) is 3.50. The van der Waals surface area contributed by atoms with Gasteiger partial charge in [0.2, 0.25) is 0 Å². The van der Waals surface area contributed by atoms with E-state index in [-0.39, 0.29) is 0 Å². The highest BCUT2D eigenvalue weighted by Gasteiger charge is 1.97. The van der Waals surface area contributed by atoms with Crippen molar-refractivity contribution in [3.63, 3.8) is 0 Å². The van der Waals surface area contributed by atoms with Crippen LogP contribution in [0.25, 0.3) is 0 Å². The van der Waals surface area contributed by atoms with E-state index >= 15 is 0 Å². The van der Waals surface area contributed by atoms with E-state index in [1.165, 1.54) is 5.56 Å². The van der Waals surface area contributed by atoms with Gasteiger partial charge in [0.05, 0.1) is 0 Å². The largest absolute Gasteiger partial charge is 0.359 e. The number of nitrogens with one attached hydrogen (secondary N) is 2. The van der Waals surface area contributed by atoms with Crippen LogP contribution in [0.1, 0.15) is 11.1 Å². The summed E-state index contributed by atoms with van der Waals surface area (Å²) < 4.78 is 0. The molecular formula is C15H15ClN2S. The Kier molecular flexibility index (Phi) is 5.19. The van der Waals surface area contributed by atoms with E-state index in [4.69, 9.17) is 23.8 Å². The molecule has 19 heavy (non-hydrogen) atoms. The van der Waals surface area contributed by atoms with Crippen molar-refractivity contribution in [1.82, 2.24) is 10.6 Å². The van der Waals surface area contributed by atoms with E-state index < -0.39 is 0 Å². The van der Waals surface area contributed by atoms with Crippen LogP contribution >= 0.6 is 23.8 Å². The van der Waals surface area contributed by atoms with Gasteiger partial charge in [-0.1, -0.05) is 54.1 Å². The van der Waals surface area contributed by atoms with Crippen LogP contribution in [-0.2, 0) is 13.1 Å². The van der Waals surface area contributed by atoms with Gasteiger partial charge in [0, 0.05) is 18.1 Å². The Balaban J connectivity index is 1.74. The molecule has 2 nitrogen and oxygen atoms in total. The van der Waals surface area contributed by atoms with Crippen LogP contribution in [-0.4, -0.2) is 5.11 Å². The topological polar surface area (TPSA) is 24.1 Å². The molecule has 0 bridgehead atoms. The van der Waals surface area contributed by atoms with E-state index in [2.05, 4.69) is 22.8 Å². The molecule has 0 aliphatic heterocycles. The molecule has 0 amide bonds. The minimum atomic E-state index is 0.652. The molecule has 98 valence electrons. The number of rotatable bonds is 4. The maximum atomic E-state index is 5.83. The lowest BCUT2D eigenvalue weighted by Gasteiger charge is -2.10. The van der Waals surface area contributed by atoms with Gasteiger partial charge in [-0.15, -0.1) is 0 Å². The first-order chi connectivity index (χ1) is 9.24.